The summed E-state index contributed by atoms with van der Waals surface area (Å²) >= 11 is 0. The Balaban J connectivity index is 2.48. The largest absolute Gasteiger partial charge is 0.393 e. The summed E-state index contributed by atoms with van der Waals surface area (Å²) in [6.45, 7) is 9.02. The quantitative estimate of drug-likeness (QED) is 0.703. The average molecular weight is 172 g/mol. The molecule has 1 rings (SSSR count). The van der Waals surface area contributed by atoms with Crippen molar-refractivity contribution < 1.29 is 9.84 Å². The van der Waals surface area contributed by atoms with E-state index in [0.717, 1.165) is 13.0 Å². The molecule has 2 nitrogen and oxygen atoms in total. The molecule has 1 N–H and O–H groups in total. The van der Waals surface area contributed by atoms with Crippen molar-refractivity contribution in [2.45, 2.75) is 46.3 Å². The van der Waals surface area contributed by atoms with Crippen LogP contribution in [0.15, 0.2) is 0 Å². The van der Waals surface area contributed by atoms with Crippen LogP contribution in [-0.4, -0.2) is 23.9 Å². The third kappa shape index (κ3) is 1.50. The van der Waals surface area contributed by atoms with Crippen molar-refractivity contribution >= 4 is 0 Å². The van der Waals surface area contributed by atoms with E-state index >= 15 is 0 Å². The fraction of sp³-hybridized carbons (Fsp3) is 1.00. The molecule has 0 saturated heterocycles. The topological polar surface area (TPSA) is 29.5 Å². The van der Waals surface area contributed by atoms with Gasteiger partial charge in [0.15, 0.2) is 0 Å². The van der Waals surface area contributed by atoms with Gasteiger partial charge in [0.05, 0.1) is 12.2 Å². The van der Waals surface area contributed by atoms with Gasteiger partial charge in [0.25, 0.3) is 0 Å². The van der Waals surface area contributed by atoms with Gasteiger partial charge in [-0.3, -0.25) is 0 Å². The molecule has 0 aromatic heterocycles. The van der Waals surface area contributed by atoms with E-state index in [1.807, 2.05) is 13.8 Å². The summed E-state index contributed by atoms with van der Waals surface area (Å²) in [4.78, 5) is 0. The molecule has 3 unspecified atom stereocenters. The Morgan fingerprint density at radius 1 is 1.58 bits per heavy atom. The molecule has 0 amide bonds. The average Bonchev–Trinajstić information content (AvgIpc) is 1.96. The minimum atomic E-state index is -0.197. The first-order valence-corrected chi connectivity index (χ1v) is 4.79. The molecule has 0 aromatic carbocycles. The Morgan fingerprint density at radius 2 is 2.17 bits per heavy atom. The standard InChI is InChI=1S/C10H20O2/c1-5-12-9-6-8(7(2)11)10(9,3)4/h7-9,11H,5-6H2,1-4H3. The van der Waals surface area contributed by atoms with Crippen LogP contribution in [0.1, 0.15) is 34.1 Å². The summed E-state index contributed by atoms with van der Waals surface area (Å²) in [5, 5.41) is 9.44. The summed E-state index contributed by atoms with van der Waals surface area (Å²) in [7, 11) is 0. The maximum atomic E-state index is 9.44. The van der Waals surface area contributed by atoms with Crippen LogP contribution in [-0.2, 0) is 4.74 Å². The number of ether oxygens (including phenoxy) is 1. The Kier molecular flexibility index (Phi) is 2.79. The second-order valence-corrected chi connectivity index (χ2v) is 4.35. The normalized spacial score (nSPS) is 35.8. The van der Waals surface area contributed by atoms with E-state index in [2.05, 4.69) is 13.8 Å². The van der Waals surface area contributed by atoms with Gasteiger partial charge in [0.2, 0.25) is 0 Å². The highest BCUT2D eigenvalue weighted by atomic mass is 16.5. The van der Waals surface area contributed by atoms with Crippen LogP contribution >= 0.6 is 0 Å². The van der Waals surface area contributed by atoms with E-state index in [4.69, 9.17) is 4.74 Å². The molecule has 1 fully saturated rings. The van der Waals surface area contributed by atoms with Gasteiger partial charge in [-0.05, 0) is 31.6 Å². The molecule has 12 heavy (non-hydrogen) atoms. The molecule has 0 aliphatic heterocycles. The molecule has 0 heterocycles. The molecule has 1 aliphatic rings. The molecule has 0 bridgehead atoms. The molecule has 0 aromatic rings. The Labute approximate surface area is 74.9 Å². The van der Waals surface area contributed by atoms with Crippen LogP contribution in [0.25, 0.3) is 0 Å². The smallest absolute Gasteiger partial charge is 0.0633 e. The lowest BCUT2D eigenvalue weighted by Crippen LogP contribution is -2.54. The minimum Gasteiger partial charge on any atom is -0.393 e. The predicted octanol–water partition coefficient (Wildman–Crippen LogP) is 1.82. The van der Waals surface area contributed by atoms with E-state index in [1.165, 1.54) is 0 Å². The molecule has 1 aliphatic carbocycles. The summed E-state index contributed by atoms with van der Waals surface area (Å²) in [6.07, 6.45) is 1.16. The highest BCUT2D eigenvalue weighted by molar-refractivity contribution is 4.99. The summed E-state index contributed by atoms with van der Waals surface area (Å²) < 4.78 is 5.56. The van der Waals surface area contributed by atoms with Gasteiger partial charge in [0, 0.05) is 6.61 Å². The van der Waals surface area contributed by atoms with Crippen molar-refractivity contribution in [2.24, 2.45) is 11.3 Å². The van der Waals surface area contributed by atoms with Gasteiger partial charge < -0.3 is 9.84 Å². The van der Waals surface area contributed by atoms with Crippen LogP contribution in [0.2, 0.25) is 0 Å². The zero-order chi connectivity index (χ0) is 9.35. The number of hydrogen-bond donors (Lipinski definition) is 1. The number of aliphatic hydroxyl groups is 1. The van der Waals surface area contributed by atoms with Crippen molar-refractivity contribution in [3.05, 3.63) is 0 Å². The molecular weight excluding hydrogens is 152 g/mol. The minimum absolute atomic E-state index is 0.157. The van der Waals surface area contributed by atoms with E-state index < -0.39 is 0 Å². The third-order valence-electron chi connectivity index (χ3n) is 3.20. The Hall–Kier alpha value is -0.0800. The van der Waals surface area contributed by atoms with Crippen molar-refractivity contribution in [1.82, 2.24) is 0 Å². The second kappa shape index (κ2) is 3.35. The van der Waals surface area contributed by atoms with E-state index in [-0.39, 0.29) is 11.5 Å². The van der Waals surface area contributed by atoms with Crippen LogP contribution in [0.3, 0.4) is 0 Å². The molecule has 0 spiro atoms. The summed E-state index contributed by atoms with van der Waals surface area (Å²) in [6, 6.07) is 0. The summed E-state index contributed by atoms with van der Waals surface area (Å²) in [5.74, 6) is 0.411. The van der Waals surface area contributed by atoms with E-state index in [0.29, 0.717) is 12.0 Å². The van der Waals surface area contributed by atoms with Gasteiger partial charge in [-0.25, -0.2) is 0 Å². The highest BCUT2D eigenvalue weighted by Gasteiger charge is 2.50. The lowest BCUT2D eigenvalue weighted by atomic mass is 9.58. The van der Waals surface area contributed by atoms with Crippen molar-refractivity contribution in [3.63, 3.8) is 0 Å². The zero-order valence-electron chi connectivity index (χ0n) is 8.50. The van der Waals surface area contributed by atoms with Gasteiger partial charge in [-0.2, -0.15) is 0 Å². The maximum absolute atomic E-state index is 9.44. The van der Waals surface area contributed by atoms with Crippen LogP contribution in [0.4, 0.5) is 0 Å². The van der Waals surface area contributed by atoms with Crippen molar-refractivity contribution in [1.29, 1.82) is 0 Å². The lowest BCUT2D eigenvalue weighted by Gasteiger charge is -2.52. The van der Waals surface area contributed by atoms with Crippen molar-refractivity contribution in [2.75, 3.05) is 6.61 Å². The molecule has 0 radical (unpaired) electrons. The zero-order valence-corrected chi connectivity index (χ0v) is 8.50. The molecule has 72 valence electrons. The monoisotopic (exact) mass is 172 g/mol. The molecule has 1 saturated carbocycles. The lowest BCUT2D eigenvalue weighted by molar-refractivity contribution is -0.165. The van der Waals surface area contributed by atoms with E-state index in [1.54, 1.807) is 0 Å². The van der Waals surface area contributed by atoms with Gasteiger partial charge in [-0.1, -0.05) is 13.8 Å². The van der Waals surface area contributed by atoms with Gasteiger partial charge >= 0.3 is 0 Å². The van der Waals surface area contributed by atoms with Gasteiger partial charge in [0.1, 0.15) is 0 Å². The highest BCUT2D eigenvalue weighted by Crippen LogP contribution is 2.49. The Bertz CT molecular complexity index is 152. The molecule has 3 atom stereocenters. The first kappa shape index (κ1) is 10.0. The number of rotatable bonds is 3. The maximum Gasteiger partial charge on any atom is 0.0633 e. The first-order chi connectivity index (χ1) is 5.50. The number of aliphatic hydroxyl groups excluding tert-OH is 1. The third-order valence-corrected chi connectivity index (χ3v) is 3.20. The first-order valence-electron chi connectivity index (χ1n) is 4.79. The fourth-order valence-corrected chi connectivity index (χ4v) is 2.22. The molecular formula is C10H20O2. The molecule has 2 heteroatoms. The summed E-state index contributed by atoms with van der Waals surface area (Å²) in [5.41, 5.74) is 0.157. The van der Waals surface area contributed by atoms with Crippen LogP contribution < -0.4 is 0 Å². The van der Waals surface area contributed by atoms with Gasteiger partial charge in [-0.15, -0.1) is 0 Å². The Morgan fingerprint density at radius 3 is 2.50 bits per heavy atom. The van der Waals surface area contributed by atoms with Crippen LogP contribution in [0.5, 0.6) is 0 Å². The predicted molar refractivity (Wildman–Crippen MR) is 49.0 cm³/mol. The van der Waals surface area contributed by atoms with Crippen LogP contribution in [0, 0.1) is 11.3 Å². The SMILES string of the molecule is CCOC1CC(C(C)O)C1(C)C. The van der Waals surface area contributed by atoms with E-state index in [9.17, 15) is 5.11 Å². The second-order valence-electron chi connectivity index (χ2n) is 4.35. The number of hydrogen-bond acceptors (Lipinski definition) is 2. The fourth-order valence-electron chi connectivity index (χ4n) is 2.22. The van der Waals surface area contributed by atoms with Crippen molar-refractivity contribution in [3.8, 4) is 0 Å².